The topological polar surface area (TPSA) is 78.8 Å². The van der Waals surface area contributed by atoms with Crippen LogP contribution in [0, 0.1) is 0 Å². The van der Waals surface area contributed by atoms with Crippen molar-refractivity contribution < 1.29 is 9.59 Å². The van der Waals surface area contributed by atoms with E-state index >= 15 is 0 Å². The van der Waals surface area contributed by atoms with Crippen LogP contribution in [0.1, 0.15) is 31.7 Å². The molecule has 8 heteroatoms. The summed E-state index contributed by atoms with van der Waals surface area (Å²) in [4.78, 5) is 43.1. The molecule has 194 valence electrons. The second-order valence-corrected chi connectivity index (χ2v) is 10.4. The van der Waals surface area contributed by atoms with Crippen molar-refractivity contribution in [1.29, 1.82) is 0 Å². The fourth-order valence-electron chi connectivity index (χ4n) is 4.78. The van der Waals surface area contributed by atoms with Gasteiger partial charge in [-0.1, -0.05) is 12.1 Å². The van der Waals surface area contributed by atoms with Crippen LogP contribution in [0.2, 0.25) is 0 Å². The van der Waals surface area contributed by atoms with E-state index in [0.717, 1.165) is 52.4 Å². The van der Waals surface area contributed by atoms with Gasteiger partial charge >= 0.3 is 0 Å². The summed E-state index contributed by atoms with van der Waals surface area (Å²) in [5.74, 6) is 1.91. The van der Waals surface area contributed by atoms with Crippen LogP contribution in [-0.4, -0.2) is 64.8 Å². The first-order valence-electron chi connectivity index (χ1n) is 13.0. The lowest BCUT2D eigenvalue weighted by Gasteiger charge is -2.35. The molecule has 0 N–H and O–H groups in total. The maximum absolute atomic E-state index is 12.6. The minimum Gasteiger partial charge on any atom is -0.353 e. The molecule has 1 saturated heterocycles. The van der Waals surface area contributed by atoms with E-state index in [-0.39, 0.29) is 11.7 Å². The zero-order valence-corrected chi connectivity index (χ0v) is 22.4. The molecule has 4 heterocycles. The summed E-state index contributed by atoms with van der Waals surface area (Å²) < 4.78 is 0. The van der Waals surface area contributed by atoms with Crippen molar-refractivity contribution in [3.8, 4) is 11.1 Å². The minimum absolute atomic E-state index is 0.0790. The van der Waals surface area contributed by atoms with Crippen molar-refractivity contribution in [2.45, 2.75) is 26.2 Å². The quantitative estimate of drug-likeness (QED) is 0.368. The molecule has 38 heavy (non-hydrogen) atoms. The zero-order valence-electron chi connectivity index (χ0n) is 21.5. The van der Waals surface area contributed by atoms with Crippen molar-refractivity contribution in [3.05, 3.63) is 71.4 Å². The van der Waals surface area contributed by atoms with Gasteiger partial charge in [0.1, 0.15) is 5.82 Å². The van der Waals surface area contributed by atoms with Gasteiger partial charge in [0.2, 0.25) is 5.91 Å². The van der Waals surface area contributed by atoms with Gasteiger partial charge in [-0.3, -0.25) is 19.6 Å². The summed E-state index contributed by atoms with van der Waals surface area (Å²) in [7, 11) is 0. The Morgan fingerprint density at radius 2 is 1.89 bits per heavy atom. The Hall–Kier alpha value is -3.78. The van der Waals surface area contributed by atoms with Crippen molar-refractivity contribution >= 4 is 52.5 Å². The van der Waals surface area contributed by atoms with Gasteiger partial charge in [-0.2, -0.15) is 0 Å². The van der Waals surface area contributed by atoms with Crippen molar-refractivity contribution in [2.24, 2.45) is 4.99 Å². The molecule has 1 aromatic carbocycles. The molecule has 2 aliphatic rings. The van der Waals surface area contributed by atoms with Crippen molar-refractivity contribution in [1.82, 2.24) is 14.9 Å². The Morgan fingerprint density at radius 3 is 2.63 bits per heavy atom. The number of fused-ring (bicyclic) bond motifs is 1. The lowest BCUT2D eigenvalue weighted by molar-refractivity contribution is -0.131. The van der Waals surface area contributed by atoms with Crippen LogP contribution >= 0.6 is 11.8 Å². The summed E-state index contributed by atoms with van der Waals surface area (Å²) >= 11 is 1.74. The van der Waals surface area contributed by atoms with Crippen molar-refractivity contribution in [2.75, 3.05) is 37.0 Å². The van der Waals surface area contributed by atoms with Crippen LogP contribution in [0.5, 0.6) is 0 Å². The van der Waals surface area contributed by atoms with E-state index in [4.69, 9.17) is 4.98 Å². The van der Waals surface area contributed by atoms with Gasteiger partial charge in [-0.05, 0) is 67.0 Å². The molecule has 0 atom stereocenters. The highest BCUT2D eigenvalue weighted by Gasteiger charge is 2.22. The van der Waals surface area contributed by atoms with E-state index in [0.29, 0.717) is 32.4 Å². The zero-order chi connectivity index (χ0) is 26.3. The average molecular weight is 526 g/mol. The molecule has 5 rings (SSSR count). The van der Waals surface area contributed by atoms with Gasteiger partial charge in [0.25, 0.3) is 0 Å². The molecule has 0 saturated carbocycles. The SMILES string of the molecule is C/C=C/C(=O)CCCC(=O)N1CCN(c2ccc(-c3ccnc4ccc(/C=C5/C=NCS5)cc34)cn2)CC1. The lowest BCUT2D eigenvalue weighted by atomic mass is 10.0. The first-order chi connectivity index (χ1) is 18.6. The highest BCUT2D eigenvalue weighted by Crippen LogP contribution is 2.30. The Kier molecular flexibility index (Phi) is 8.28. The molecule has 0 aliphatic carbocycles. The summed E-state index contributed by atoms with van der Waals surface area (Å²) in [5, 5.41) is 1.09. The largest absolute Gasteiger partial charge is 0.353 e. The van der Waals surface area contributed by atoms with E-state index in [9.17, 15) is 9.59 Å². The highest BCUT2D eigenvalue weighted by molar-refractivity contribution is 8.04. The third-order valence-corrected chi connectivity index (χ3v) is 7.62. The second-order valence-electron chi connectivity index (χ2n) is 9.36. The Balaban J connectivity index is 1.22. The predicted molar refractivity (Wildman–Crippen MR) is 156 cm³/mol. The number of hydrogen-bond donors (Lipinski definition) is 0. The predicted octanol–water partition coefficient (Wildman–Crippen LogP) is 5.38. The average Bonchev–Trinajstić information content (AvgIpc) is 3.46. The molecule has 1 amide bonds. The van der Waals surface area contributed by atoms with E-state index in [1.165, 1.54) is 4.91 Å². The van der Waals surface area contributed by atoms with Crippen molar-refractivity contribution in [3.63, 3.8) is 0 Å². The second kappa shape index (κ2) is 12.2. The van der Waals surface area contributed by atoms with Gasteiger partial charge in [-0.25, -0.2) is 4.98 Å². The number of amides is 1. The highest BCUT2D eigenvalue weighted by atomic mass is 32.2. The number of thioether (sulfide) groups is 1. The van der Waals surface area contributed by atoms with E-state index < -0.39 is 0 Å². The molecule has 1 fully saturated rings. The van der Waals surface area contributed by atoms with Crippen LogP contribution in [-0.2, 0) is 9.59 Å². The van der Waals surface area contributed by atoms with E-state index in [1.807, 2.05) is 36.5 Å². The molecule has 3 aromatic rings. The molecule has 0 unspecified atom stereocenters. The van der Waals surface area contributed by atoms with E-state index in [1.54, 1.807) is 23.9 Å². The number of hydrogen-bond acceptors (Lipinski definition) is 7. The summed E-state index contributed by atoms with van der Waals surface area (Å²) in [6.07, 6.45) is 12.6. The van der Waals surface area contributed by atoms with Gasteiger partial charge in [0.05, 0.1) is 11.4 Å². The fraction of sp³-hybridized carbons (Fsp3) is 0.300. The minimum atomic E-state index is 0.0790. The Labute approximate surface area is 227 Å². The van der Waals surface area contributed by atoms with Crippen LogP contribution in [0.25, 0.3) is 28.1 Å². The van der Waals surface area contributed by atoms with Gasteiger partial charge in [-0.15, -0.1) is 11.8 Å². The molecule has 2 aliphatic heterocycles. The maximum Gasteiger partial charge on any atom is 0.222 e. The number of piperazine rings is 1. The normalized spacial score (nSPS) is 16.7. The van der Waals surface area contributed by atoms with Gasteiger partial charge < -0.3 is 9.80 Å². The lowest BCUT2D eigenvalue weighted by Crippen LogP contribution is -2.49. The number of allylic oxidation sites excluding steroid dienone is 3. The van der Waals surface area contributed by atoms with Gasteiger partial charge in [0, 0.05) is 73.5 Å². The van der Waals surface area contributed by atoms with E-state index in [2.05, 4.69) is 51.3 Å². The molecule has 7 nitrogen and oxygen atoms in total. The summed E-state index contributed by atoms with van der Waals surface area (Å²) in [6, 6.07) is 12.5. The molecule has 0 radical (unpaired) electrons. The summed E-state index contributed by atoms with van der Waals surface area (Å²) in [6.45, 7) is 4.65. The molecule has 2 aromatic heterocycles. The van der Waals surface area contributed by atoms with Gasteiger partial charge in [0.15, 0.2) is 5.78 Å². The number of aromatic nitrogens is 2. The number of carbonyl (C=O) groups excluding carboxylic acids is 2. The Bertz CT molecular complexity index is 1410. The number of benzene rings is 1. The first-order valence-corrected chi connectivity index (χ1v) is 14.0. The fourth-order valence-corrected chi connectivity index (χ4v) is 5.45. The number of pyridine rings is 2. The van der Waals surface area contributed by atoms with Crippen LogP contribution in [0.15, 0.2) is 70.8 Å². The maximum atomic E-state index is 12.6. The van der Waals surface area contributed by atoms with Crippen LogP contribution < -0.4 is 4.90 Å². The number of anilines is 1. The summed E-state index contributed by atoms with van der Waals surface area (Å²) in [5.41, 5.74) is 4.23. The Morgan fingerprint density at radius 1 is 1.03 bits per heavy atom. The smallest absolute Gasteiger partial charge is 0.222 e. The third kappa shape index (κ3) is 6.19. The molecular weight excluding hydrogens is 494 g/mol. The number of carbonyl (C=O) groups is 2. The monoisotopic (exact) mass is 525 g/mol. The number of ketones is 1. The van der Waals surface area contributed by atoms with Crippen LogP contribution in [0.3, 0.4) is 0 Å². The molecular formula is C30H31N5O2S. The number of aliphatic imine (C=N–C) groups is 1. The number of rotatable bonds is 8. The molecule has 0 bridgehead atoms. The molecule has 0 spiro atoms. The third-order valence-electron chi connectivity index (χ3n) is 6.78. The van der Waals surface area contributed by atoms with Crippen LogP contribution in [0.4, 0.5) is 5.82 Å². The standard InChI is InChI=1S/C30H31N5O2S/c1-2-4-24(36)5-3-6-30(37)35-15-13-34(14-16-35)29-10-8-23(19-33-29)26-11-12-32-28-9-7-22(18-27(26)28)17-25-20-31-21-38-25/h2,4,7-12,17-20H,3,5-6,13-16,21H2,1H3/b4-2+,25-17-. The first kappa shape index (κ1) is 25.9. The number of nitrogens with zero attached hydrogens (tertiary/aromatic N) is 5.